The molecule has 0 aliphatic rings. The van der Waals surface area contributed by atoms with Crippen LogP contribution in [-0.4, -0.2) is 59.1 Å². The van der Waals surface area contributed by atoms with Crippen molar-refractivity contribution in [1.29, 1.82) is 0 Å². The van der Waals surface area contributed by atoms with E-state index in [1.54, 1.807) is 0 Å². The number of nitrogens with one attached hydrogen (secondary N) is 1. The Bertz CT molecular complexity index is 121. The molecule has 0 saturated carbocycles. The topological polar surface area (TPSA) is 119 Å². The molecule has 0 spiro atoms. The Labute approximate surface area is 77.0 Å². The van der Waals surface area contributed by atoms with Gasteiger partial charge in [0.1, 0.15) is 6.23 Å². The highest BCUT2D eigenvalue weighted by Gasteiger charge is 2.17. The van der Waals surface area contributed by atoms with E-state index in [0.29, 0.717) is 0 Å². The second-order valence-electron chi connectivity index (χ2n) is 2.87. The lowest BCUT2D eigenvalue weighted by Crippen LogP contribution is -2.44. The fraction of sp³-hybridized carbons (Fsp3) is 1.00. The molecule has 0 aromatic heterocycles. The number of nitrogens with two attached hydrogens (primary N) is 1. The average Bonchev–Trinajstić information content (AvgIpc) is 2.16. The molecule has 2 atom stereocenters. The van der Waals surface area contributed by atoms with Crippen LogP contribution in [0.1, 0.15) is 0 Å². The molecule has 0 aliphatic carbocycles. The number of aliphatic hydroxyl groups is 4. The number of hydrogen-bond donors (Lipinski definition) is 6. The first-order valence-electron chi connectivity index (χ1n) is 4.17. The minimum atomic E-state index is -1.03. The van der Waals surface area contributed by atoms with Gasteiger partial charge in [-0.15, -0.1) is 0 Å². The molecule has 0 amide bonds. The Hall–Kier alpha value is -0.240. The van der Waals surface area contributed by atoms with Crippen LogP contribution in [0.25, 0.3) is 0 Å². The molecule has 0 saturated heterocycles. The molecule has 7 N–H and O–H groups in total. The van der Waals surface area contributed by atoms with Gasteiger partial charge in [-0.1, -0.05) is 0 Å². The van der Waals surface area contributed by atoms with Gasteiger partial charge in [0.15, 0.2) is 0 Å². The van der Waals surface area contributed by atoms with E-state index in [-0.39, 0.29) is 26.3 Å². The van der Waals surface area contributed by atoms with E-state index in [1.165, 1.54) is 0 Å². The van der Waals surface area contributed by atoms with Crippen LogP contribution in [0.3, 0.4) is 0 Å². The molecule has 0 rings (SSSR count). The standard InChI is InChI=1S/C7H18N2O4/c8-1-6(12)2-9-7(13)5(3-10)4-11/h5-7,9-13H,1-4,8H2. The van der Waals surface area contributed by atoms with Gasteiger partial charge >= 0.3 is 0 Å². The summed E-state index contributed by atoms with van der Waals surface area (Å²) in [4.78, 5) is 0. The van der Waals surface area contributed by atoms with Crippen LogP contribution in [0.15, 0.2) is 0 Å². The maximum atomic E-state index is 9.27. The molecule has 6 nitrogen and oxygen atoms in total. The molecule has 0 radical (unpaired) electrons. The van der Waals surface area contributed by atoms with Gasteiger partial charge in [0, 0.05) is 19.0 Å². The summed E-state index contributed by atoms with van der Waals surface area (Å²) in [6, 6.07) is 0. The summed E-state index contributed by atoms with van der Waals surface area (Å²) in [5.74, 6) is -0.634. The summed E-state index contributed by atoms with van der Waals surface area (Å²) < 4.78 is 0. The highest BCUT2D eigenvalue weighted by atomic mass is 16.3. The monoisotopic (exact) mass is 194 g/mol. The number of aliphatic hydroxyl groups excluding tert-OH is 4. The van der Waals surface area contributed by atoms with Crippen molar-refractivity contribution in [2.75, 3.05) is 26.3 Å². The van der Waals surface area contributed by atoms with E-state index in [1.807, 2.05) is 0 Å². The zero-order valence-corrected chi connectivity index (χ0v) is 7.43. The van der Waals surface area contributed by atoms with Crippen LogP contribution in [0.2, 0.25) is 0 Å². The summed E-state index contributed by atoms with van der Waals surface area (Å²) in [7, 11) is 0. The van der Waals surface area contributed by atoms with Crippen molar-refractivity contribution < 1.29 is 20.4 Å². The quantitative estimate of drug-likeness (QED) is 0.238. The van der Waals surface area contributed by atoms with Gasteiger partial charge in [0.05, 0.1) is 19.3 Å². The lowest BCUT2D eigenvalue weighted by Gasteiger charge is -2.21. The molecule has 0 aliphatic heterocycles. The largest absolute Gasteiger partial charge is 0.396 e. The Morgan fingerprint density at radius 1 is 1.15 bits per heavy atom. The third-order valence-electron chi connectivity index (χ3n) is 1.75. The molecule has 0 heterocycles. The third kappa shape index (κ3) is 5.14. The van der Waals surface area contributed by atoms with E-state index in [4.69, 9.17) is 21.1 Å². The molecular weight excluding hydrogens is 176 g/mol. The van der Waals surface area contributed by atoms with E-state index >= 15 is 0 Å². The maximum Gasteiger partial charge on any atom is 0.112 e. The molecule has 0 aromatic carbocycles. The fourth-order valence-electron chi connectivity index (χ4n) is 0.764. The highest BCUT2D eigenvalue weighted by molar-refractivity contribution is 4.68. The predicted octanol–water partition coefficient (Wildman–Crippen LogP) is -3.19. The van der Waals surface area contributed by atoms with Gasteiger partial charge in [-0.05, 0) is 0 Å². The van der Waals surface area contributed by atoms with Crippen LogP contribution >= 0.6 is 0 Å². The smallest absolute Gasteiger partial charge is 0.112 e. The molecule has 0 aromatic rings. The second-order valence-corrected chi connectivity index (χ2v) is 2.87. The van der Waals surface area contributed by atoms with Crippen LogP contribution in [0.5, 0.6) is 0 Å². The van der Waals surface area contributed by atoms with Crippen molar-refractivity contribution in [3.8, 4) is 0 Å². The molecule has 80 valence electrons. The van der Waals surface area contributed by atoms with Crippen molar-refractivity contribution in [2.45, 2.75) is 12.3 Å². The number of hydrogen-bond acceptors (Lipinski definition) is 6. The summed E-state index contributed by atoms with van der Waals surface area (Å²) in [6.45, 7) is -0.399. The van der Waals surface area contributed by atoms with Crippen LogP contribution < -0.4 is 11.1 Å². The van der Waals surface area contributed by atoms with Crippen LogP contribution in [0.4, 0.5) is 0 Å². The zero-order valence-electron chi connectivity index (χ0n) is 7.43. The van der Waals surface area contributed by atoms with Crippen molar-refractivity contribution in [2.24, 2.45) is 11.7 Å². The van der Waals surface area contributed by atoms with Gasteiger partial charge in [-0.2, -0.15) is 0 Å². The van der Waals surface area contributed by atoms with Crippen molar-refractivity contribution in [3.63, 3.8) is 0 Å². The second kappa shape index (κ2) is 7.19. The summed E-state index contributed by atoms with van der Waals surface area (Å²) in [5.41, 5.74) is 5.13. The third-order valence-corrected chi connectivity index (χ3v) is 1.75. The summed E-state index contributed by atoms with van der Waals surface area (Å²) in [6.07, 6.45) is -1.76. The average molecular weight is 194 g/mol. The fourth-order valence-corrected chi connectivity index (χ4v) is 0.764. The van der Waals surface area contributed by atoms with E-state index < -0.39 is 18.2 Å². The van der Waals surface area contributed by atoms with Crippen LogP contribution in [0, 0.1) is 5.92 Å². The van der Waals surface area contributed by atoms with Gasteiger partial charge in [-0.3, -0.25) is 5.32 Å². The normalized spacial score (nSPS) is 16.2. The first kappa shape index (κ1) is 12.8. The highest BCUT2D eigenvalue weighted by Crippen LogP contribution is 1.98. The molecular formula is C7H18N2O4. The Kier molecular flexibility index (Phi) is 7.06. The SMILES string of the molecule is NCC(O)CNC(O)C(CO)CO. The Balaban J connectivity index is 3.65. The molecule has 0 bridgehead atoms. The van der Waals surface area contributed by atoms with Crippen LogP contribution in [-0.2, 0) is 0 Å². The van der Waals surface area contributed by atoms with Gasteiger partial charge in [0.25, 0.3) is 0 Å². The molecule has 0 fully saturated rings. The minimum Gasteiger partial charge on any atom is -0.396 e. The Morgan fingerprint density at radius 3 is 2.08 bits per heavy atom. The van der Waals surface area contributed by atoms with E-state index in [0.717, 1.165) is 0 Å². The predicted molar refractivity (Wildman–Crippen MR) is 46.7 cm³/mol. The number of rotatable bonds is 7. The molecule has 6 heteroatoms. The van der Waals surface area contributed by atoms with Gasteiger partial charge in [-0.25, -0.2) is 0 Å². The first-order chi connectivity index (χ1) is 6.15. The Morgan fingerprint density at radius 2 is 1.69 bits per heavy atom. The van der Waals surface area contributed by atoms with E-state index in [2.05, 4.69) is 5.32 Å². The zero-order chi connectivity index (χ0) is 10.3. The maximum absolute atomic E-state index is 9.27. The van der Waals surface area contributed by atoms with E-state index in [9.17, 15) is 5.11 Å². The molecule has 13 heavy (non-hydrogen) atoms. The van der Waals surface area contributed by atoms with Crippen molar-refractivity contribution >= 4 is 0 Å². The lowest BCUT2D eigenvalue weighted by molar-refractivity contribution is 0.00472. The summed E-state index contributed by atoms with van der Waals surface area (Å²) in [5, 5.41) is 38.2. The summed E-state index contributed by atoms with van der Waals surface area (Å²) >= 11 is 0. The van der Waals surface area contributed by atoms with Gasteiger partial charge < -0.3 is 26.2 Å². The van der Waals surface area contributed by atoms with Gasteiger partial charge in [0.2, 0.25) is 0 Å². The first-order valence-corrected chi connectivity index (χ1v) is 4.17. The van der Waals surface area contributed by atoms with Crippen molar-refractivity contribution in [3.05, 3.63) is 0 Å². The van der Waals surface area contributed by atoms with Crippen molar-refractivity contribution in [1.82, 2.24) is 5.32 Å². The molecule has 2 unspecified atom stereocenters. The lowest BCUT2D eigenvalue weighted by atomic mass is 10.1. The minimum absolute atomic E-state index is 0.0998.